The van der Waals surface area contributed by atoms with Gasteiger partial charge in [-0.1, -0.05) is 0 Å². The van der Waals surface area contributed by atoms with Crippen LogP contribution in [0.5, 0.6) is 11.5 Å². The molecule has 0 heterocycles. The van der Waals surface area contributed by atoms with Crippen molar-refractivity contribution >= 4 is 11.6 Å². The van der Waals surface area contributed by atoms with Gasteiger partial charge in [-0.25, -0.2) is 0 Å². The van der Waals surface area contributed by atoms with Crippen LogP contribution in [0.1, 0.15) is 12.5 Å². The van der Waals surface area contributed by atoms with E-state index in [0.717, 1.165) is 5.56 Å². The van der Waals surface area contributed by atoms with E-state index in [4.69, 9.17) is 16.3 Å². The van der Waals surface area contributed by atoms with Gasteiger partial charge >= 0.3 is 0 Å². The first kappa shape index (κ1) is 10.2. The molecule has 1 rings (SSSR count). The van der Waals surface area contributed by atoms with E-state index in [9.17, 15) is 5.11 Å². The summed E-state index contributed by atoms with van der Waals surface area (Å²) in [5.41, 5.74) is 0.970. The van der Waals surface area contributed by atoms with Gasteiger partial charge in [0.15, 0.2) is 0 Å². The molecule has 0 radical (unpaired) electrons. The SMILES string of the molecule is Cc1cc(O)cc(OCC(C)Cl)c1. The second-order valence-electron chi connectivity index (χ2n) is 3.10. The Kier molecular flexibility index (Phi) is 3.43. The Morgan fingerprint density at radius 2 is 2.15 bits per heavy atom. The quantitative estimate of drug-likeness (QED) is 0.761. The molecule has 0 aromatic heterocycles. The number of rotatable bonds is 3. The Morgan fingerprint density at radius 1 is 1.46 bits per heavy atom. The molecule has 0 fully saturated rings. The highest BCUT2D eigenvalue weighted by atomic mass is 35.5. The Hall–Kier alpha value is -0.890. The lowest BCUT2D eigenvalue weighted by Crippen LogP contribution is -2.07. The molecule has 1 unspecified atom stereocenters. The molecule has 1 aromatic carbocycles. The summed E-state index contributed by atoms with van der Waals surface area (Å²) in [6, 6.07) is 5.11. The molecule has 0 spiro atoms. The maximum atomic E-state index is 9.25. The van der Waals surface area contributed by atoms with Crippen molar-refractivity contribution in [2.75, 3.05) is 6.61 Å². The van der Waals surface area contributed by atoms with Crippen LogP contribution in [0.3, 0.4) is 0 Å². The van der Waals surface area contributed by atoms with Crippen molar-refractivity contribution in [1.82, 2.24) is 0 Å². The van der Waals surface area contributed by atoms with Crippen LogP contribution < -0.4 is 4.74 Å². The fourth-order valence-corrected chi connectivity index (χ4v) is 1.09. The zero-order valence-corrected chi connectivity index (χ0v) is 8.51. The Morgan fingerprint density at radius 3 is 2.69 bits per heavy atom. The van der Waals surface area contributed by atoms with Crippen molar-refractivity contribution < 1.29 is 9.84 Å². The van der Waals surface area contributed by atoms with Gasteiger partial charge < -0.3 is 9.84 Å². The zero-order valence-electron chi connectivity index (χ0n) is 7.75. The van der Waals surface area contributed by atoms with Crippen molar-refractivity contribution in [2.45, 2.75) is 19.2 Å². The van der Waals surface area contributed by atoms with E-state index in [0.29, 0.717) is 12.4 Å². The molecule has 0 amide bonds. The number of hydrogen-bond acceptors (Lipinski definition) is 2. The van der Waals surface area contributed by atoms with Crippen LogP contribution in [-0.4, -0.2) is 17.1 Å². The highest BCUT2D eigenvalue weighted by Crippen LogP contribution is 2.21. The molecular weight excluding hydrogens is 188 g/mol. The Labute approximate surface area is 83.1 Å². The number of halogens is 1. The van der Waals surface area contributed by atoms with Crippen LogP contribution in [0.15, 0.2) is 18.2 Å². The average Bonchev–Trinajstić information content (AvgIpc) is 1.99. The fourth-order valence-electron chi connectivity index (χ4n) is 1.02. The maximum absolute atomic E-state index is 9.25. The number of aryl methyl sites for hydroxylation is 1. The summed E-state index contributed by atoms with van der Waals surface area (Å²) >= 11 is 5.72. The first-order chi connectivity index (χ1) is 6.08. The van der Waals surface area contributed by atoms with Crippen molar-refractivity contribution in [3.8, 4) is 11.5 Å². The molecule has 0 aliphatic rings. The molecule has 1 N–H and O–H groups in total. The van der Waals surface area contributed by atoms with E-state index in [1.54, 1.807) is 12.1 Å². The van der Waals surface area contributed by atoms with Crippen LogP contribution in [-0.2, 0) is 0 Å². The molecule has 0 aliphatic carbocycles. The standard InChI is InChI=1S/C10H13ClO2/c1-7-3-9(12)5-10(4-7)13-6-8(2)11/h3-5,8,12H,6H2,1-2H3. The number of alkyl halides is 1. The van der Waals surface area contributed by atoms with Crippen LogP contribution in [0, 0.1) is 6.92 Å². The summed E-state index contributed by atoms with van der Waals surface area (Å²) in [5, 5.41) is 9.22. The topological polar surface area (TPSA) is 29.5 Å². The summed E-state index contributed by atoms with van der Waals surface area (Å²) in [5.74, 6) is 0.877. The molecule has 2 nitrogen and oxygen atoms in total. The highest BCUT2D eigenvalue weighted by Gasteiger charge is 2.00. The molecule has 13 heavy (non-hydrogen) atoms. The highest BCUT2D eigenvalue weighted by molar-refractivity contribution is 6.20. The smallest absolute Gasteiger partial charge is 0.123 e. The normalized spacial score (nSPS) is 12.5. The minimum absolute atomic E-state index is 0.0253. The molecule has 0 aliphatic heterocycles. The van der Waals surface area contributed by atoms with Crippen LogP contribution in [0.4, 0.5) is 0 Å². The molecule has 3 heteroatoms. The van der Waals surface area contributed by atoms with E-state index in [1.807, 2.05) is 19.9 Å². The van der Waals surface area contributed by atoms with E-state index in [-0.39, 0.29) is 11.1 Å². The van der Waals surface area contributed by atoms with Gasteiger partial charge in [0.25, 0.3) is 0 Å². The van der Waals surface area contributed by atoms with Crippen molar-refractivity contribution in [3.05, 3.63) is 23.8 Å². The third-order valence-corrected chi connectivity index (χ3v) is 1.64. The van der Waals surface area contributed by atoms with Gasteiger partial charge in [-0.15, -0.1) is 11.6 Å². The molecular formula is C10H13ClO2. The lowest BCUT2D eigenvalue weighted by atomic mass is 10.2. The predicted octanol–water partition coefficient (Wildman–Crippen LogP) is 2.71. The van der Waals surface area contributed by atoms with Crippen LogP contribution >= 0.6 is 11.6 Å². The first-order valence-electron chi connectivity index (χ1n) is 4.15. The Balaban J connectivity index is 2.66. The number of ether oxygens (including phenoxy) is 1. The lowest BCUT2D eigenvalue weighted by Gasteiger charge is -2.08. The van der Waals surface area contributed by atoms with Crippen LogP contribution in [0.2, 0.25) is 0 Å². The molecule has 1 atom stereocenters. The van der Waals surface area contributed by atoms with Gasteiger partial charge in [-0.2, -0.15) is 0 Å². The number of phenols is 1. The minimum Gasteiger partial charge on any atom is -0.508 e. The first-order valence-corrected chi connectivity index (χ1v) is 4.59. The number of benzene rings is 1. The third kappa shape index (κ3) is 3.55. The van der Waals surface area contributed by atoms with E-state index < -0.39 is 0 Å². The maximum Gasteiger partial charge on any atom is 0.123 e. The summed E-state index contributed by atoms with van der Waals surface area (Å²) < 4.78 is 5.34. The largest absolute Gasteiger partial charge is 0.508 e. The molecule has 0 saturated carbocycles. The zero-order chi connectivity index (χ0) is 9.84. The van der Waals surface area contributed by atoms with E-state index in [1.165, 1.54) is 0 Å². The van der Waals surface area contributed by atoms with E-state index in [2.05, 4.69) is 0 Å². The monoisotopic (exact) mass is 200 g/mol. The second kappa shape index (κ2) is 4.38. The molecule has 0 bridgehead atoms. The molecule has 0 saturated heterocycles. The van der Waals surface area contributed by atoms with Crippen molar-refractivity contribution in [2.24, 2.45) is 0 Å². The number of aromatic hydroxyl groups is 1. The van der Waals surface area contributed by atoms with Crippen molar-refractivity contribution in [1.29, 1.82) is 0 Å². The van der Waals surface area contributed by atoms with Gasteiger partial charge in [0.1, 0.15) is 18.1 Å². The Bertz CT molecular complexity index is 264. The van der Waals surface area contributed by atoms with Gasteiger partial charge in [0.05, 0.1) is 5.38 Å². The summed E-state index contributed by atoms with van der Waals surface area (Å²) in [4.78, 5) is 0. The molecule has 1 aromatic rings. The summed E-state index contributed by atoms with van der Waals surface area (Å²) in [6.07, 6.45) is 0. The third-order valence-electron chi connectivity index (χ3n) is 1.52. The van der Waals surface area contributed by atoms with Gasteiger partial charge in [0, 0.05) is 6.07 Å². The fraction of sp³-hybridized carbons (Fsp3) is 0.400. The predicted molar refractivity (Wildman–Crippen MR) is 53.7 cm³/mol. The molecule has 72 valence electrons. The second-order valence-corrected chi connectivity index (χ2v) is 3.84. The van der Waals surface area contributed by atoms with E-state index >= 15 is 0 Å². The van der Waals surface area contributed by atoms with Gasteiger partial charge in [-0.3, -0.25) is 0 Å². The average molecular weight is 201 g/mol. The summed E-state index contributed by atoms with van der Waals surface area (Å²) in [7, 11) is 0. The van der Waals surface area contributed by atoms with Crippen LogP contribution in [0.25, 0.3) is 0 Å². The number of phenolic OH excluding ortho intramolecular Hbond substituents is 1. The number of hydrogen-bond donors (Lipinski definition) is 1. The van der Waals surface area contributed by atoms with Crippen molar-refractivity contribution in [3.63, 3.8) is 0 Å². The summed E-state index contributed by atoms with van der Waals surface area (Å²) in [6.45, 7) is 4.21. The minimum atomic E-state index is -0.0253. The van der Waals surface area contributed by atoms with Gasteiger partial charge in [-0.05, 0) is 31.5 Å². The van der Waals surface area contributed by atoms with Gasteiger partial charge in [0.2, 0.25) is 0 Å². The lowest BCUT2D eigenvalue weighted by molar-refractivity contribution is 0.318.